The minimum absolute atomic E-state index is 0.251. The van der Waals surface area contributed by atoms with E-state index in [0.717, 1.165) is 5.06 Å². The zero-order valence-corrected chi connectivity index (χ0v) is 13.3. The Morgan fingerprint density at radius 3 is 2.70 bits per heavy atom. The maximum absolute atomic E-state index is 10.3. The Hall–Kier alpha value is -1.81. The molecule has 1 saturated heterocycles. The largest absolute Gasteiger partial charge is 0.394 e. The first-order chi connectivity index (χ1) is 10.8. The van der Waals surface area contributed by atoms with E-state index in [1.54, 1.807) is 4.57 Å². The molecular weight excluding hydrogens is 302 g/mol. The summed E-state index contributed by atoms with van der Waals surface area (Å²) >= 11 is 0. The Labute approximate surface area is 133 Å². The molecule has 1 aliphatic heterocycles. The first kappa shape index (κ1) is 16.1. The third-order valence-corrected chi connectivity index (χ3v) is 3.87. The average Bonchev–Trinajstić information content (AvgIpc) is 3.08. The number of aromatic nitrogens is 4. The maximum Gasteiger partial charge on any atom is 0.184 e. The Kier molecular flexibility index (Phi) is 3.96. The van der Waals surface area contributed by atoms with Crippen molar-refractivity contribution in [2.24, 2.45) is 0 Å². The Balaban J connectivity index is 2.00. The van der Waals surface area contributed by atoms with E-state index in [2.05, 4.69) is 15.0 Å². The van der Waals surface area contributed by atoms with Gasteiger partial charge in [-0.3, -0.25) is 9.77 Å². The molecule has 3 rings (SSSR count). The van der Waals surface area contributed by atoms with Crippen molar-refractivity contribution < 1.29 is 20.2 Å². The van der Waals surface area contributed by atoms with Crippen molar-refractivity contribution in [3.8, 4) is 0 Å². The van der Waals surface area contributed by atoms with Crippen LogP contribution >= 0.6 is 0 Å². The van der Waals surface area contributed by atoms with Crippen molar-refractivity contribution in [2.45, 2.75) is 51.2 Å². The van der Waals surface area contributed by atoms with E-state index in [9.17, 15) is 15.4 Å². The summed E-state index contributed by atoms with van der Waals surface area (Å²) < 4.78 is 7.31. The molecular formula is C14H21N5O4. The molecule has 0 bridgehead atoms. The summed E-state index contributed by atoms with van der Waals surface area (Å²) in [7, 11) is 0. The average molecular weight is 323 g/mol. The lowest BCUT2D eigenvalue weighted by Crippen LogP contribution is -2.39. The second-order valence-electron chi connectivity index (χ2n) is 6.62. The van der Waals surface area contributed by atoms with Crippen molar-refractivity contribution in [1.82, 2.24) is 19.5 Å². The van der Waals surface area contributed by atoms with Crippen LogP contribution in [-0.2, 0) is 4.74 Å². The van der Waals surface area contributed by atoms with Crippen LogP contribution in [0.15, 0.2) is 12.7 Å². The highest BCUT2D eigenvalue weighted by Crippen LogP contribution is 2.32. The molecule has 0 aromatic carbocycles. The SMILES string of the molecule is CC(C)(C)N(O)c1ncnc2c1ncn2[C@H]1C[C@H](O)[C@@H](CO)O1. The molecule has 0 saturated carbocycles. The Morgan fingerprint density at radius 1 is 1.35 bits per heavy atom. The highest BCUT2D eigenvalue weighted by atomic mass is 16.5. The highest BCUT2D eigenvalue weighted by molar-refractivity contribution is 5.83. The molecule has 126 valence electrons. The van der Waals surface area contributed by atoms with Crippen LogP contribution in [0.25, 0.3) is 11.2 Å². The van der Waals surface area contributed by atoms with E-state index < -0.39 is 24.0 Å². The minimum Gasteiger partial charge on any atom is -0.394 e. The van der Waals surface area contributed by atoms with Crippen LogP contribution < -0.4 is 5.06 Å². The van der Waals surface area contributed by atoms with Gasteiger partial charge in [0.1, 0.15) is 18.7 Å². The van der Waals surface area contributed by atoms with E-state index >= 15 is 0 Å². The minimum atomic E-state index is -0.743. The number of rotatable bonds is 3. The summed E-state index contributed by atoms with van der Waals surface area (Å²) in [6, 6.07) is 0. The second kappa shape index (κ2) is 5.68. The lowest BCUT2D eigenvalue weighted by molar-refractivity contribution is -0.0432. The monoisotopic (exact) mass is 323 g/mol. The third kappa shape index (κ3) is 2.76. The lowest BCUT2D eigenvalue weighted by Gasteiger charge is -2.30. The number of imidazole rings is 1. The van der Waals surface area contributed by atoms with Gasteiger partial charge >= 0.3 is 0 Å². The topological polar surface area (TPSA) is 117 Å². The Morgan fingerprint density at radius 2 is 2.09 bits per heavy atom. The molecule has 9 nitrogen and oxygen atoms in total. The van der Waals surface area contributed by atoms with Gasteiger partial charge in [0.05, 0.1) is 24.6 Å². The first-order valence-corrected chi connectivity index (χ1v) is 7.44. The van der Waals surface area contributed by atoms with Gasteiger partial charge in [-0.2, -0.15) is 0 Å². The lowest BCUT2D eigenvalue weighted by atomic mass is 10.1. The predicted molar refractivity (Wildman–Crippen MR) is 81.0 cm³/mol. The Bertz CT molecular complexity index is 698. The van der Waals surface area contributed by atoms with Crippen LogP contribution in [-0.4, -0.2) is 59.3 Å². The fourth-order valence-electron chi connectivity index (χ4n) is 2.57. The zero-order valence-electron chi connectivity index (χ0n) is 13.3. The maximum atomic E-state index is 10.3. The van der Waals surface area contributed by atoms with Gasteiger partial charge < -0.3 is 14.9 Å². The molecule has 3 heterocycles. The molecule has 3 atom stereocenters. The van der Waals surface area contributed by atoms with Crippen molar-refractivity contribution in [1.29, 1.82) is 0 Å². The van der Waals surface area contributed by atoms with Crippen molar-refractivity contribution in [2.75, 3.05) is 11.7 Å². The van der Waals surface area contributed by atoms with Crippen LogP contribution in [0, 0.1) is 0 Å². The molecule has 0 amide bonds. The number of hydrogen-bond donors (Lipinski definition) is 3. The molecule has 0 radical (unpaired) electrons. The molecule has 1 fully saturated rings. The van der Waals surface area contributed by atoms with Crippen LogP contribution in [0.4, 0.5) is 5.82 Å². The van der Waals surface area contributed by atoms with E-state index in [1.807, 2.05) is 20.8 Å². The number of hydroxylamine groups is 1. The quantitative estimate of drug-likeness (QED) is 0.698. The number of aliphatic hydroxyl groups is 2. The van der Waals surface area contributed by atoms with Gasteiger partial charge in [0.2, 0.25) is 0 Å². The molecule has 2 aromatic rings. The number of hydrogen-bond acceptors (Lipinski definition) is 8. The van der Waals surface area contributed by atoms with Crippen molar-refractivity contribution in [3.63, 3.8) is 0 Å². The molecule has 0 spiro atoms. The van der Waals surface area contributed by atoms with Crippen LogP contribution in [0.5, 0.6) is 0 Å². The number of aliphatic hydroxyl groups excluding tert-OH is 2. The fraction of sp³-hybridized carbons (Fsp3) is 0.643. The van der Waals surface area contributed by atoms with Crippen LogP contribution in [0.3, 0.4) is 0 Å². The van der Waals surface area contributed by atoms with Gasteiger partial charge in [0.15, 0.2) is 17.0 Å². The van der Waals surface area contributed by atoms with Gasteiger partial charge in [-0.15, -0.1) is 0 Å². The molecule has 3 N–H and O–H groups in total. The van der Waals surface area contributed by atoms with Crippen molar-refractivity contribution in [3.05, 3.63) is 12.7 Å². The molecule has 2 aromatic heterocycles. The molecule has 23 heavy (non-hydrogen) atoms. The third-order valence-electron chi connectivity index (χ3n) is 3.87. The fourth-order valence-corrected chi connectivity index (χ4v) is 2.57. The molecule has 0 unspecified atom stereocenters. The summed E-state index contributed by atoms with van der Waals surface area (Å²) in [5, 5.41) is 30.5. The van der Waals surface area contributed by atoms with Gasteiger partial charge in [-0.1, -0.05) is 0 Å². The molecule has 0 aliphatic carbocycles. The van der Waals surface area contributed by atoms with E-state index in [-0.39, 0.29) is 6.61 Å². The molecule has 9 heteroatoms. The number of ether oxygens (including phenoxy) is 1. The van der Waals surface area contributed by atoms with Crippen LogP contribution in [0.2, 0.25) is 0 Å². The number of fused-ring (bicyclic) bond motifs is 1. The van der Waals surface area contributed by atoms with Gasteiger partial charge in [0, 0.05) is 6.42 Å². The van der Waals surface area contributed by atoms with Gasteiger partial charge in [0.25, 0.3) is 0 Å². The zero-order chi connectivity index (χ0) is 16.8. The summed E-state index contributed by atoms with van der Waals surface area (Å²) in [5.41, 5.74) is 0.386. The van der Waals surface area contributed by atoms with Gasteiger partial charge in [-0.25, -0.2) is 20.0 Å². The summed E-state index contributed by atoms with van der Waals surface area (Å²) in [4.78, 5) is 12.6. The first-order valence-electron chi connectivity index (χ1n) is 7.44. The summed E-state index contributed by atoms with van der Waals surface area (Å²) in [6.07, 6.45) is 1.38. The van der Waals surface area contributed by atoms with E-state index in [0.29, 0.717) is 23.4 Å². The number of nitrogens with zero attached hydrogens (tertiary/aromatic N) is 5. The summed E-state index contributed by atoms with van der Waals surface area (Å²) in [6.45, 7) is 5.29. The number of anilines is 1. The van der Waals surface area contributed by atoms with Gasteiger partial charge in [-0.05, 0) is 20.8 Å². The smallest absolute Gasteiger partial charge is 0.184 e. The molecule has 1 aliphatic rings. The van der Waals surface area contributed by atoms with Crippen molar-refractivity contribution >= 4 is 17.0 Å². The van der Waals surface area contributed by atoms with E-state index in [1.165, 1.54) is 12.7 Å². The summed E-state index contributed by atoms with van der Waals surface area (Å²) in [5.74, 6) is 0.304. The van der Waals surface area contributed by atoms with Crippen LogP contribution in [0.1, 0.15) is 33.4 Å². The normalized spacial score (nSPS) is 25.2. The standard InChI is InChI=1S/C14H21N5O4/c1-14(2,3)19(22)13-11-12(15-6-16-13)18(7-17-11)10-4-8(21)9(5-20)23-10/h6-10,20-22H,4-5H2,1-3H3/t8-,9+,10+/m0/s1. The second-order valence-corrected chi connectivity index (χ2v) is 6.62. The van der Waals surface area contributed by atoms with E-state index in [4.69, 9.17) is 4.74 Å². The highest BCUT2D eigenvalue weighted by Gasteiger charge is 2.35. The predicted octanol–water partition coefficient (Wildman–Crippen LogP) is 0.461.